The fraction of sp³-hybridized carbons (Fsp3) is 0.0769. The molecule has 3 rings (SSSR count). The first-order valence-electron chi connectivity index (χ1n) is 5.66. The van der Waals surface area contributed by atoms with Crippen molar-refractivity contribution in [3.05, 3.63) is 48.4 Å². The second-order valence-electron chi connectivity index (χ2n) is 3.99. The molecule has 0 bridgehead atoms. The van der Waals surface area contributed by atoms with Crippen LogP contribution in [0, 0.1) is 11.6 Å². The van der Waals surface area contributed by atoms with E-state index in [1.165, 1.54) is 6.07 Å². The molecule has 2 aromatic heterocycles. The standard InChI is InChI=1S/C13H10F2N4/c1-16-12-13-18-7-11(19(13)5-4-17-12)8-2-3-9(14)10(15)6-8/h2-7H,1H3,(H,16,17). The predicted octanol–water partition coefficient (Wildman–Crippen LogP) is 2.72. The molecule has 4 nitrogen and oxygen atoms in total. The molecular formula is C13H10F2N4. The zero-order valence-corrected chi connectivity index (χ0v) is 10.1. The molecule has 0 aliphatic carbocycles. The number of hydrogen-bond acceptors (Lipinski definition) is 3. The van der Waals surface area contributed by atoms with E-state index < -0.39 is 11.6 Å². The van der Waals surface area contributed by atoms with Gasteiger partial charge in [0.25, 0.3) is 0 Å². The number of anilines is 1. The van der Waals surface area contributed by atoms with Crippen LogP contribution in [0.2, 0.25) is 0 Å². The molecule has 0 aliphatic rings. The third kappa shape index (κ3) is 1.81. The summed E-state index contributed by atoms with van der Waals surface area (Å²) in [6.07, 6.45) is 4.94. The zero-order valence-electron chi connectivity index (χ0n) is 10.1. The Bertz CT molecular complexity index is 751. The van der Waals surface area contributed by atoms with Crippen molar-refractivity contribution in [2.75, 3.05) is 12.4 Å². The number of fused-ring (bicyclic) bond motifs is 1. The number of aromatic nitrogens is 3. The van der Waals surface area contributed by atoms with Crippen LogP contribution >= 0.6 is 0 Å². The van der Waals surface area contributed by atoms with E-state index >= 15 is 0 Å². The van der Waals surface area contributed by atoms with E-state index in [0.29, 0.717) is 22.7 Å². The molecule has 1 N–H and O–H groups in total. The van der Waals surface area contributed by atoms with E-state index in [1.807, 2.05) is 0 Å². The second-order valence-corrected chi connectivity index (χ2v) is 3.99. The highest BCUT2D eigenvalue weighted by molar-refractivity contribution is 5.70. The van der Waals surface area contributed by atoms with Gasteiger partial charge in [-0.2, -0.15) is 0 Å². The normalized spacial score (nSPS) is 10.9. The Morgan fingerprint density at radius 3 is 2.74 bits per heavy atom. The minimum Gasteiger partial charge on any atom is -0.370 e. The fourth-order valence-corrected chi connectivity index (χ4v) is 1.96. The Hall–Kier alpha value is -2.50. The highest BCUT2D eigenvalue weighted by atomic mass is 19.2. The summed E-state index contributed by atoms with van der Waals surface area (Å²) in [7, 11) is 1.74. The molecule has 0 atom stereocenters. The molecular weight excluding hydrogens is 250 g/mol. The topological polar surface area (TPSA) is 42.2 Å². The van der Waals surface area contributed by atoms with E-state index in [-0.39, 0.29) is 0 Å². The lowest BCUT2D eigenvalue weighted by molar-refractivity contribution is 0.509. The number of benzene rings is 1. The molecule has 2 heterocycles. The van der Waals surface area contributed by atoms with E-state index in [4.69, 9.17) is 0 Å². The lowest BCUT2D eigenvalue weighted by Gasteiger charge is -2.04. The first kappa shape index (κ1) is 11.6. The lowest BCUT2D eigenvalue weighted by atomic mass is 10.1. The number of imidazole rings is 1. The van der Waals surface area contributed by atoms with Gasteiger partial charge in [0.2, 0.25) is 0 Å². The Morgan fingerprint density at radius 1 is 1.16 bits per heavy atom. The van der Waals surface area contributed by atoms with Crippen LogP contribution in [0.5, 0.6) is 0 Å². The molecule has 1 aromatic carbocycles. The summed E-state index contributed by atoms with van der Waals surface area (Å²) in [4.78, 5) is 8.38. The van der Waals surface area contributed by atoms with Gasteiger partial charge in [-0.05, 0) is 18.2 Å². The fourth-order valence-electron chi connectivity index (χ4n) is 1.96. The molecule has 0 saturated carbocycles. The largest absolute Gasteiger partial charge is 0.370 e. The first-order chi connectivity index (χ1) is 9.20. The highest BCUT2D eigenvalue weighted by Gasteiger charge is 2.11. The number of rotatable bonds is 2. The smallest absolute Gasteiger partial charge is 0.180 e. The molecule has 19 heavy (non-hydrogen) atoms. The van der Waals surface area contributed by atoms with Crippen LogP contribution in [0.4, 0.5) is 14.6 Å². The van der Waals surface area contributed by atoms with Crippen molar-refractivity contribution in [1.29, 1.82) is 0 Å². The van der Waals surface area contributed by atoms with Crippen LogP contribution in [0.15, 0.2) is 36.8 Å². The van der Waals surface area contributed by atoms with Gasteiger partial charge < -0.3 is 5.32 Å². The van der Waals surface area contributed by atoms with Gasteiger partial charge in [0.1, 0.15) is 0 Å². The van der Waals surface area contributed by atoms with E-state index in [0.717, 1.165) is 12.1 Å². The summed E-state index contributed by atoms with van der Waals surface area (Å²) in [6, 6.07) is 3.77. The van der Waals surface area contributed by atoms with Gasteiger partial charge in [-0.1, -0.05) is 0 Å². The predicted molar refractivity (Wildman–Crippen MR) is 67.9 cm³/mol. The van der Waals surface area contributed by atoms with E-state index in [2.05, 4.69) is 15.3 Å². The number of halogens is 2. The van der Waals surface area contributed by atoms with Crippen molar-refractivity contribution in [2.24, 2.45) is 0 Å². The Labute approximate surface area is 107 Å². The molecule has 0 aliphatic heterocycles. The number of hydrogen-bond donors (Lipinski definition) is 1. The average molecular weight is 260 g/mol. The van der Waals surface area contributed by atoms with Gasteiger partial charge in [-0.3, -0.25) is 4.40 Å². The van der Waals surface area contributed by atoms with Crippen molar-refractivity contribution in [1.82, 2.24) is 14.4 Å². The van der Waals surface area contributed by atoms with Gasteiger partial charge in [0, 0.05) is 25.0 Å². The Balaban J connectivity index is 2.23. The quantitative estimate of drug-likeness (QED) is 0.770. The van der Waals surface area contributed by atoms with Gasteiger partial charge in [0.05, 0.1) is 11.9 Å². The third-order valence-electron chi connectivity index (χ3n) is 2.88. The van der Waals surface area contributed by atoms with Crippen molar-refractivity contribution in [3.8, 4) is 11.3 Å². The minimum absolute atomic E-state index is 0.555. The highest BCUT2D eigenvalue weighted by Crippen LogP contribution is 2.24. The summed E-state index contributed by atoms with van der Waals surface area (Å²) in [5.74, 6) is -1.12. The molecule has 0 saturated heterocycles. The molecule has 0 spiro atoms. The van der Waals surface area contributed by atoms with Crippen LogP contribution in [0.25, 0.3) is 16.9 Å². The SMILES string of the molecule is CNc1nccn2c(-c3ccc(F)c(F)c3)cnc12. The lowest BCUT2D eigenvalue weighted by Crippen LogP contribution is -1.97. The maximum Gasteiger partial charge on any atom is 0.180 e. The summed E-state index contributed by atoms with van der Waals surface area (Å²) >= 11 is 0. The van der Waals surface area contributed by atoms with Crippen LogP contribution in [0.3, 0.4) is 0 Å². The molecule has 0 fully saturated rings. The maximum absolute atomic E-state index is 13.3. The number of nitrogens with one attached hydrogen (secondary N) is 1. The molecule has 0 unspecified atom stereocenters. The third-order valence-corrected chi connectivity index (χ3v) is 2.88. The van der Waals surface area contributed by atoms with Gasteiger partial charge in [0.15, 0.2) is 23.1 Å². The molecule has 0 amide bonds. The van der Waals surface area contributed by atoms with Crippen LogP contribution in [0.1, 0.15) is 0 Å². The summed E-state index contributed by atoms with van der Waals surface area (Å²) in [5.41, 5.74) is 1.86. The zero-order chi connectivity index (χ0) is 13.4. The summed E-state index contributed by atoms with van der Waals surface area (Å²) in [5, 5.41) is 2.93. The minimum atomic E-state index is -0.879. The Kier molecular flexibility index (Phi) is 2.63. The molecule has 3 aromatic rings. The molecule has 96 valence electrons. The monoisotopic (exact) mass is 260 g/mol. The van der Waals surface area contributed by atoms with Crippen LogP contribution in [-0.4, -0.2) is 21.4 Å². The van der Waals surface area contributed by atoms with Gasteiger partial charge in [-0.15, -0.1) is 0 Å². The van der Waals surface area contributed by atoms with Crippen molar-refractivity contribution < 1.29 is 8.78 Å². The maximum atomic E-state index is 13.3. The summed E-state index contributed by atoms with van der Waals surface area (Å²) in [6.45, 7) is 0. The Morgan fingerprint density at radius 2 is 2.00 bits per heavy atom. The van der Waals surface area contributed by atoms with Crippen LogP contribution in [-0.2, 0) is 0 Å². The number of nitrogens with zero attached hydrogens (tertiary/aromatic N) is 3. The van der Waals surface area contributed by atoms with Gasteiger partial charge >= 0.3 is 0 Å². The van der Waals surface area contributed by atoms with Crippen molar-refractivity contribution in [2.45, 2.75) is 0 Å². The first-order valence-corrected chi connectivity index (χ1v) is 5.66. The molecule has 0 radical (unpaired) electrons. The van der Waals surface area contributed by atoms with E-state index in [1.54, 1.807) is 30.0 Å². The second kappa shape index (κ2) is 4.31. The van der Waals surface area contributed by atoms with Crippen LogP contribution < -0.4 is 5.32 Å². The van der Waals surface area contributed by atoms with E-state index in [9.17, 15) is 8.78 Å². The van der Waals surface area contributed by atoms with Crippen molar-refractivity contribution >= 4 is 11.5 Å². The summed E-state index contributed by atoms with van der Waals surface area (Å²) < 4.78 is 28.0. The molecule has 6 heteroatoms. The average Bonchev–Trinajstić information content (AvgIpc) is 2.85. The van der Waals surface area contributed by atoms with Gasteiger partial charge in [-0.25, -0.2) is 18.7 Å². The van der Waals surface area contributed by atoms with Crippen molar-refractivity contribution in [3.63, 3.8) is 0 Å².